The highest BCUT2D eigenvalue weighted by molar-refractivity contribution is 5.71. The third-order valence-corrected chi connectivity index (χ3v) is 13.5. The van der Waals surface area contributed by atoms with Crippen molar-refractivity contribution < 1.29 is 28.6 Å². The molecule has 0 saturated heterocycles. The molecule has 0 aromatic heterocycles. The summed E-state index contributed by atoms with van der Waals surface area (Å²) in [5, 5.41) is 0. The molecule has 1 unspecified atom stereocenters. The molecular weight excluding hydrogens is 949 g/mol. The van der Waals surface area contributed by atoms with E-state index in [9.17, 15) is 14.4 Å². The second kappa shape index (κ2) is 64.3. The summed E-state index contributed by atoms with van der Waals surface area (Å²) in [6.07, 6.45) is 89.1. The molecule has 0 saturated carbocycles. The van der Waals surface area contributed by atoms with E-state index in [1.165, 1.54) is 116 Å². The van der Waals surface area contributed by atoms with Crippen molar-refractivity contribution in [2.24, 2.45) is 0 Å². The number of esters is 3. The van der Waals surface area contributed by atoms with Gasteiger partial charge in [-0.2, -0.15) is 0 Å². The van der Waals surface area contributed by atoms with Gasteiger partial charge >= 0.3 is 17.9 Å². The van der Waals surface area contributed by atoms with E-state index in [-0.39, 0.29) is 31.1 Å². The van der Waals surface area contributed by atoms with Gasteiger partial charge < -0.3 is 14.2 Å². The fourth-order valence-corrected chi connectivity index (χ4v) is 8.73. The number of hydrogen-bond donors (Lipinski definition) is 0. The minimum absolute atomic E-state index is 0.0930. The lowest BCUT2D eigenvalue weighted by atomic mass is 10.0. The van der Waals surface area contributed by atoms with Gasteiger partial charge in [0.1, 0.15) is 13.2 Å². The number of carbonyl (C=O) groups is 3. The zero-order valence-corrected chi connectivity index (χ0v) is 50.2. The molecule has 0 rings (SSSR count). The standard InChI is InChI=1S/C71H118O6/c1-4-7-10-13-16-19-22-25-28-31-32-33-34-35-36-37-38-41-43-46-49-52-55-58-61-64-70(73)76-67-68(77-71(74)65-62-59-56-53-50-47-44-40-30-27-24-21-18-15-12-9-6-3)66-75-69(72)63-60-57-54-51-48-45-42-39-29-26-23-20-17-14-11-8-5-2/h7,9-10,12,16,18-19,21,25,27-28,30,32-33,35-36,38,41,46,49,68H,4-6,8,11,13-15,17,20,22-24,26,29,31,34,37,39-40,42-45,47-48,50-67H2,1-3H3/b10-7-,12-9-,19-16-,21-18-,28-25-,30-27-,33-32-,36-35-,41-38-,49-46-. The molecule has 6 nitrogen and oxygen atoms in total. The lowest BCUT2D eigenvalue weighted by Crippen LogP contribution is -2.30. The average molecular weight is 1070 g/mol. The van der Waals surface area contributed by atoms with Crippen molar-refractivity contribution in [3.63, 3.8) is 0 Å². The molecule has 0 aliphatic carbocycles. The Balaban J connectivity index is 4.45. The van der Waals surface area contributed by atoms with Crippen LogP contribution in [-0.2, 0) is 28.6 Å². The van der Waals surface area contributed by atoms with Gasteiger partial charge in [0.2, 0.25) is 0 Å². The van der Waals surface area contributed by atoms with Crippen molar-refractivity contribution in [3.05, 3.63) is 122 Å². The maximum Gasteiger partial charge on any atom is 0.306 e. The van der Waals surface area contributed by atoms with Crippen LogP contribution >= 0.6 is 0 Å². The Hall–Kier alpha value is -4.19. The predicted octanol–water partition coefficient (Wildman–Crippen LogP) is 22.0. The Labute approximate surface area is 475 Å². The zero-order valence-electron chi connectivity index (χ0n) is 50.2. The summed E-state index contributed by atoms with van der Waals surface area (Å²) in [5.41, 5.74) is 0. The first-order valence-corrected chi connectivity index (χ1v) is 32.0. The van der Waals surface area contributed by atoms with Crippen LogP contribution in [0.4, 0.5) is 0 Å². The number of hydrogen-bond acceptors (Lipinski definition) is 6. The second-order valence-electron chi connectivity index (χ2n) is 20.9. The fourth-order valence-electron chi connectivity index (χ4n) is 8.73. The molecule has 0 heterocycles. The first-order valence-electron chi connectivity index (χ1n) is 32.0. The van der Waals surface area contributed by atoms with Crippen molar-refractivity contribution >= 4 is 17.9 Å². The molecule has 0 aromatic rings. The Morgan fingerprint density at radius 1 is 0.273 bits per heavy atom. The summed E-state index contributed by atoms with van der Waals surface area (Å²) in [5.74, 6) is -0.930. The Morgan fingerprint density at radius 2 is 0.506 bits per heavy atom. The largest absolute Gasteiger partial charge is 0.462 e. The Kier molecular flexibility index (Phi) is 60.8. The third-order valence-electron chi connectivity index (χ3n) is 13.5. The average Bonchev–Trinajstić information content (AvgIpc) is 3.43. The molecule has 0 amide bonds. The van der Waals surface area contributed by atoms with Crippen LogP contribution in [0.15, 0.2) is 122 Å². The second-order valence-corrected chi connectivity index (χ2v) is 20.9. The fraction of sp³-hybridized carbons (Fsp3) is 0.676. The summed E-state index contributed by atoms with van der Waals surface area (Å²) in [4.78, 5) is 38.3. The highest BCUT2D eigenvalue weighted by atomic mass is 16.6. The van der Waals surface area contributed by atoms with Gasteiger partial charge in [0, 0.05) is 19.3 Å². The lowest BCUT2D eigenvalue weighted by molar-refractivity contribution is -0.167. The van der Waals surface area contributed by atoms with Crippen LogP contribution in [0.5, 0.6) is 0 Å². The maximum absolute atomic E-state index is 12.9. The van der Waals surface area contributed by atoms with E-state index in [4.69, 9.17) is 14.2 Å². The minimum Gasteiger partial charge on any atom is -0.462 e. The first-order chi connectivity index (χ1) is 38.0. The summed E-state index contributed by atoms with van der Waals surface area (Å²) in [6, 6.07) is 0. The van der Waals surface area contributed by atoms with E-state index in [1.807, 2.05) is 0 Å². The Morgan fingerprint density at radius 3 is 0.805 bits per heavy atom. The Bertz CT molecular complexity index is 1600. The van der Waals surface area contributed by atoms with Crippen LogP contribution in [0, 0.1) is 0 Å². The summed E-state index contributed by atoms with van der Waals surface area (Å²) in [6.45, 7) is 6.40. The molecule has 0 spiro atoms. The molecule has 6 heteroatoms. The van der Waals surface area contributed by atoms with E-state index in [0.29, 0.717) is 19.3 Å². The van der Waals surface area contributed by atoms with E-state index < -0.39 is 6.10 Å². The van der Waals surface area contributed by atoms with E-state index >= 15 is 0 Å². The van der Waals surface area contributed by atoms with Gasteiger partial charge in [-0.05, 0) is 109 Å². The normalized spacial score (nSPS) is 12.9. The van der Waals surface area contributed by atoms with E-state index in [0.717, 1.165) is 135 Å². The first kappa shape index (κ1) is 72.8. The molecule has 0 aliphatic heterocycles. The van der Waals surface area contributed by atoms with Gasteiger partial charge in [-0.25, -0.2) is 0 Å². The van der Waals surface area contributed by atoms with Crippen molar-refractivity contribution in [1.82, 2.24) is 0 Å². The van der Waals surface area contributed by atoms with Crippen LogP contribution in [0.3, 0.4) is 0 Å². The maximum atomic E-state index is 12.9. The van der Waals surface area contributed by atoms with Gasteiger partial charge in [0.05, 0.1) is 0 Å². The molecule has 0 N–H and O–H groups in total. The van der Waals surface area contributed by atoms with Crippen LogP contribution in [0.25, 0.3) is 0 Å². The molecule has 0 bridgehead atoms. The molecule has 0 radical (unpaired) electrons. The third kappa shape index (κ3) is 62.5. The number of ether oxygens (including phenoxy) is 3. The number of unbranched alkanes of at least 4 members (excludes halogenated alkanes) is 26. The van der Waals surface area contributed by atoms with Crippen LogP contribution < -0.4 is 0 Å². The highest BCUT2D eigenvalue weighted by Crippen LogP contribution is 2.16. The van der Waals surface area contributed by atoms with Crippen molar-refractivity contribution in [2.45, 2.75) is 297 Å². The molecule has 1 atom stereocenters. The smallest absolute Gasteiger partial charge is 0.306 e. The quantitative estimate of drug-likeness (QED) is 0.0261. The van der Waals surface area contributed by atoms with Crippen molar-refractivity contribution in [2.75, 3.05) is 13.2 Å². The molecule has 0 aromatic carbocycles. The molecule has 0 aliphatic rings. The van der Waals surface area contributed by atoms with Gasteiger partial charge in [-0.15, -0.1) is 0 Å². The predicted molar refractivity (Wildman–Crippen MR) is 334 cm³/mol. The molecule has 77 heavy (non-hydrogen) atoms. The highest BCUT2D eigenvalue weighted by Gasteiger charge is 2.19. The topological polar surface area (TPSA) is 78.9 Å². The monoisotopic (exact) mass is 1070 g/mol. The SMILES string of the molecule is CC/C=C\C/C=C\C/C=C\C/C=C\C/C=C\C/C=C\C/C=C\CCCCCC(=O)OCC(COC(=O)CCCCCCCCCCCCCCCCCCC)OC(=O)CCCCCCCCC/C=C\C/C=C\C/C=C\CC. The van der Waals surface area contributed by atoms with E-state index in [1.54, 1.807) is 0 Å². The number of carbonyl (C=O) groups excluding carboxylic acids is 3. The number of allylic oxidation sites excluding steroid dienone is 20. The van der Waals surface area contributed by atoms with Gasteiger partial charge in [0.25, 0.3) is 0 Å². The van der Waals surface area contributed by atoms with Crippen LogP contribution in [0.2, 0.25) is 0 Å². The van der Waals surface area contributed by atoms with Crippen molar-refractivity contribution in [1.29, 1.82) is 0 Å². The summed E-state index contributed by atoms with van der Waals surface area (Å²) in [7, 11) is 0. The lowest BCUT2D eigenvalue weighted by Gasteiger charge is -2.18. The molecule has 438 valence electrons. The summed E-state index contributed by atoms with van der Waals surface area (Å²) >= 11 is 0. The van der Waals surface area contributed by atoms with Crippen LogP contribution in [0.1, 0.15) is 290 Å². The summed E-state index contributed by atoms with van der Waals surface area (Å²) < 4.78 is 16.9. The zero-order chi connectivity index (χ0) is 55.7. The van der Waals surface area contributed by atoms with Crippen LogP contribution in [-0.4, -0.2) is 37.2 Å². The number of rotatable bonds is 57. The minimum atomic E-state index is -0.801. The van der Waals surface area contributed by atoms with Crippen molar-refractivity contribution in [3.8, 4) is 0 Å². The van der Waals surface area contributed by atoms with Gasteiger partial charge in [-0.3, -0.25) is 14.4 Å². The van der Waals surface area contributed by atoms with Gasteiger partial charge in [0.15, 0.2) is 6.10 Å². The van der Waals surface area contributed by atoms with Gasteiger partial charge in [-0.1, -0.05) is 284 Å². The molecule has 0 fully saturated rings. The van der Waals surface area contributed by atoms with E-state index in [2.05, 4.69) is 142 Å². The molecular formula is C71H118O6.